The van der Waals surface area contributed by atoms with E-state index < -0.39 is 0 Å². The molecule has 0 saturated carbocycles. The van der Waals surface area contributed by atoms with E-state index in [4.69, 9.17) is 11.6 Å². The minimum atomic E-state index is 0.329. The van der Waals surface area contributed by atoms with Gasteiger partial charge in [0.25, 0.3) is 0 Å². The molecule has 2 heterocycles. The highest BCUT2D eigenvalue weighted by Gasteiger charge is 2.13. The normalized spacial score (nSPS) is 12.6. The van der Waals surface area contributed by atoms with Crippen molar-refractivity contribution in [1.29, 1.82) is 0 Å². The molecule has 4 heteroatoms. The highest BCUT2D eigenvalue weighted by molar-refractivity contribution is 7.10. The van der Waals surface area contributed by atoms with Gasteiger partial charge >= 0.3 is 0 Å². The van der Waals surface area contributed by atoms with Crippen LogP contribution in [0.2, 0.25) is 5.02 Å². The zero-order chi connectivity index (χ0) is 12.1. The lowest BCUT2D eigenvalue weighted by Gasteiger charge is -2.15. The molecule has 0 saturated heterocycles. The van der Waals surface area contributed by atoms with Crippen molar-refractivity contribution in [1.82, 2.24) is 10.3 Å². The molecule has 1 atom stereocenters. The Labute approximate surface area is 111 Å². The lowest BCUT2D eigenvalue weighted by molar-refractivity contribution is 0.558. The number of nitrogens with zero attached hydrogens (tertiary/aromatic N) is 1. The first-order valence-corrected chi connectivity index (χ1v) is 6.86. The van der Waals surface area contributed by atoms with Crippen molar-refractivity contribution in [2.75, 3.05) is 7.05 Å². The van der Waals surface area contributed by atoms with Crippen molar-refractivity contribution in [3.05, 3.63) is 51.4 Å². The zero-order valence-corrected chi connectivity index (χ0v) is 11.3. The molecule has 0 amide bonds. The second-order valence-electron chi connectivity index (χ2n) is 3.87. The van der Waals surface area contributed by atoms with Gasteiger partial charge in [-0.1, -0.05) is 11.6 Å². The minimum absolute atomic E-state index is 0.329. The lowest BCUT2D eigenvalue weighted by Crippen LogP contribution is -2.16. The molecule has 0 aliphatic rings. The molecule has 0 radical (unpaired) electrons. The molecule has 0 fully saturated rings. The summed E-state index contributed by atoms with van der Waals surface area (Å²) in [5.41, 5.74) is 1.31. The van der Waals surface area contributed by atoms with E-state index in [9.17, 15) is 0 Å². The SMILES string of the molecule is CNC(CCc1ccncc1)c1sccc1Cl. The van der Waals surface area contributed by atoms with Gasteiger partial charge in [-0.25, -0.2) is 0 Å². The van der Waals surface area contributed by atoms with E-state index in [0.29, 0.717) is 6.04 Å². The van der Waals surface area contributed by atoms with E-state index in [1.807, 2.05) is 30.9 Å². The Morgan fingerprint density at radius 2 is 2.12 bits per heavy atom. The smallest absolute Gasteiger partial charge is 0.0561 e. The standard InChI is InChI=1S/C13H15ClN2S/c1-15-12(13-11(14)6-9-17-13)3-2-10-4-7-16-8-5-10/h4-9,12,15H,2-3H2,1H3. The zero-order valence-electron chi connectivity index (χ0n) is 9.69. The van der Waals surface area contributed by atoms with E-state index in [1.165, 1.54) is 10.4 Å². The van der Waals surface area contributed by atoms with Crippen LogP contribution < -0.4 is 5.32 Å². The average Bonchev–Trinajstić information content (AvgIpc) is 2.78. The predicted molar refractivity (Wildman–Crippen MR) is 73.7 cm³/mol. The molecule has 0 aliphatic heterocycles. The van der Waals surface area contributed by atoms with Crippen LogP contribution >= 0.6 is 22.9 Å². The van der Waals surface area contributed by atoms with Gasteiger partial charge in [-0.15, -0.1) is 11.3 Å². The summed E-state index contributed by atoms with van der Waals surface area (Å²) in [6.07, 6.45) is 5.74. The quantitative estimate of drug-likeness (QED) is 0.893. The molecule has 0 aliphatic carbocycles. The first-order valence-electron chi connectivity index (χ1n) is 5.60. The van der Waals surface area contributed by atoms with E-state index in [-0.39, 0.29) is 0 Å². The average molecular weight is 267 g/mol. The van der Waals surface area contributed by atoms with E-state index >= 15 is 0 Å². The summed E-state index contributed by atoms with van der Waals surface area (Å²) in [6, 6.07) is 6.40. The lowest BCUT2D eigenvalue weighted by atomic mass is 10.1. The van der Waals surface area contributed by atoms with Gasteiger partial charge in [0.1, 0.15) is 0 Å². The molecule has 0 aromatic carbocycles. The van der Waals surface area contributed by atoms with E-state index in [2.05, 4.69) is 22.4 Å². The Morgan fingerprint density at radius 3 is 2.71 bits per heavy atom. The Bertz CT molecular complexity index is 455. The molecular formula is C13H15ClN2S. The van der Waals surface area contributed by atoms with Crippen LogP contribution in [0, 0.1) is 0 Å². The summed E-state index contributed by atoms with van der Waals surface area (Å²) in [7, 11) is 1.98. The number of pyridine rings is 1. The van der Waals surface area contributed by atoms with Gasteiger partial charge in [-0.2, -0.15) is 0 Å². The number of hydrogen-bond acceptors (Lipinski definition) is 3. The Kier molecular flexibility index (Phi) is 4.54. The summed E-state index contributed by atoms with van der Waals surface area (Å²) >= 11 is 7.87. The minimum Gasteiger partial charge on any atom is -0.312 e. The summed E-state index contributed by atoms with van der Waals surface area (Å²) in [5, 5.41) is 6.23. The van der Waals surface area contributed by atoms with Crippen LogP contribution in [0.15, 0.2) is 36.0 Å². The number of nitrogens with one attached hydrogen (secondary N) is 1. The van der Waals surface area contributed by atoms with Crippen LogP contribution in [0.1, 0.15) is 22.9 Å². The summed E-state index contributed by atoms with van der Waals surface area (Å²) in [6.45, 7) is 0. The second-order valence-corrected chi connectivity index (χ2v) is 5.22. The van der Waals surface area contributed by atoms with Crippen molar-refractivity contribution in [2.24, 2.45) is 0 Å². The summed E-state index contributed by atoms with van der Waals surface area (Å²) in [4.78, 5) is 5.25. The van der Waals surface area contributed by atoms with Crippen LogP contribution in [0.5, 0.6) is 0 Å². The third kappa shape index (κ3) is 3.28. The van der Waals surface area contributed by atoms with Crippen LogP contribution in [-0.2, 0) is 6.42 Å². The molecule has 0 bridgehead atoms. The maximum Gasteiger partial charge on any atom is 0.0561 e. The third-order valence-electron chi connectivity index (χ3n) is 2.78. The third-order valence-corrected chi connectivity index (χ3v) is 4.25. The fraction of sp³-hybridized carbons (Fsp3) is 0.308. The van der Waals surface area contributed by atoms with Gasteiger partial charge in [-0.3, -0.25) is 4.98 Å². The molecule has 1 unspecified atom stereocenters. The molecular weight excluding hydrogens is 252 g/mol. The van der Waals surface area contributed by atoms with Crippen molar-refractivity contribution in [3.8, 4) is 0 Å². The largest absolute Gasteiger partial charge is 0.312 e. The molecule has 0 spiro atoms. The van der Waals surface area contributed by atoms with E-state index in [0.717, 1.165) is 17.9 Å². The van der Waals surface area contributed by atoms with Gasteiger partial charge < -0.3 is 5.32 Å². The van der Waals surface area contributed by atoms with Crippen molar-refractivity contribution < 1.29 is 0 Å². The molecule has 90 valence electrons. The number of halogens is 1. The second kappa shape index (κ2) is 6.15. The summed E-state index contributed by atoms with van der Waals surface area (Å²) < 4.78 is 0. The Balaban J connectivity index is 2.00. The highest BCUT2D eigenvalue weighted by Crippen LogP contribution is 2.30. The van der Waals surface area contributed by atoms with Crippen LogP contribution in [0.3, 0.4) is 0 Å². The number of rotatable bonds is 5. The fourth-order valence-electron chi connectivity index (χ4n) is 1.82. The fourth-order valence-corrected chi connectivity index (χ4v) is 3.16. The van der Waals surface area contributed by atoms with Gasteiger partial charge in [0.15, 0.2) is 0 Å². The molecule has 1 N–H and O–H groups in total. The Hall–Kier alpha value is -0.900. The number of aromatic nitrogens is 1. The number of hydrogen-bond donors (Lipinski definition) is 1. The van der Waals surface area contributed by atoms with E-state index in [1.54, 1.807) is 11.3 Å². The van der Waals surface area contributed by atoms with Crippen molar-refractivity contribution in [2.45, 2.75) is 18.9 Å². The van der Waals surface area contributed by atoms with Crippen molar-refractivity contribution in [3.63, 3.8) is 0 Å². The van der Waals surface area contributed by atoms with Gasteiger partial charge in [0.05, 0.1) is 5.02 Å². The number of aryl methyl sites for hydroxylation is 1. The monoisotopic (exact) mass is 266 g/mol. The maximum atomic E-state index is 6.16. The van der Waals surface area contributed by atoms with Gasteiger partial charge in [0, 0.05) is 23.3 Å². The summed E-state index contributed by atoms with van der Waals surface area (Å²) in [5.74, 6) is 0. The molecule has 2 aromatic heterocycles. The van der Waals surface area contributed by atoms with Gasteiger partial charge in [0.2, 0.25) is 0 Å². The number of thiophene rings is 1. The maximum absolute atomic E-state index is 6.16. The first kappa shape index (κ1) is 12.6. The topological polar surface area (TPSA) is 24.9 Å². The van der Waals surface area contributed by atoms with Gasteiger partial charge in [-0.05, 0) is 49.0 Å². The van der Waals surface area contributed by atoms with Crippen LogP contribution in [0.4, 0.5) is 0 Å². The van der Waals surface area contributed by atoms with Crippen LogP contribution in [0.25, 0.3) is 0 Å². The van der Waals surface area contributed by atoms with Crippen molar-refractivity contribution >= 4 is 22.9 Å². The molecule has 2 nitrogen and oxygen atoms in total. The predicted octanol–water partition coefficient (Wildman–Crippen LogP) is 3.69. The molecule has 2 aromatic rings. The van der Waals surface area contributed by atoms with Crippen LogP contribution in [-0.4, -0.2) is 12.0 Å². The Morgan fingerprint density at radius 1 is 1.35 bits per heavy atom. The molecule has 2 rings (SSSR count). The highest BCUT2D eigenvalue weighted by atomic mass is 35.5. The first-order chi connectivity index (χ1) is 8.31. The molecule has 17 heavy (non-hydrogen) atoms.